The Kier molecular flexibility index (Phi) is 2.56. The molecule has 0 aromatic carbocycles. The summed E-state index contributed by atoms with van der Waals surface area (Å²) in [5, 5.41) is 7.99. The molecular formula is C10H14N8. The summed E-state index contributed by atoms with van der Waals surface area (Å²) in [6, 6.07) is 1.94. The number of nitrogens with zero attached hydrogens (tertiary/aromatic N) is 6. The number of hydrogen-bond donors (Lipinski definition) is 2. The lowest BCUT2D eigenvalue weighted by Crippen LogP contribution is -2.34. The van der Waals surface area contributed by atoms with Crippen LogP contribution in [0.1, 0.15) is 11.5 Å². The van der Waals surface area contributed by atoms with Gasteiger partial charge in [0.05, 0.1) is 6.54 Å². The molecule has 2 aromatic rings. The first-order valence-electron chi connectivity index (χ1n) is 5.70. The quantitative estimate of drug-likeness (QED) is 0.553. The Hall–Kier alpha value is -2.22. The van der Waals surface area contributed by atoms with E-state index in [0.29, 0.717) is 12.5 Å². The molecule has 0 fully saturated rings. The van der Waals surface area contributed by atoms with E-state index in [4.69, 9.17) is 5.84 Å². The van der Waals surface area contributed by atoms with Crippen molar-refractivity contribution in [3.63, 3.8) is 0 Å². The van der Waals surface area contributed by atoms with Crippen LogP contribution in [0.3, 0.4) is 0 Å². The Morgan fingerprint density at radius 1 is 1.33 bits per heavy atom. The number of aryl methyl sites for hydroxylation is 1. The van der Waals surface area contributed by atoms with Gasteiger partial charge in [0.15, 0.2) is 5.82 Å². The lowest BCUT2D eigenvalue weighted by molar-refractivity contribution is 0.556. The zero-order chi connectivity index (χ0) is 12.5. The van der Waals surface area contributed by atoms with Crippen LogP contribution in [0.2, 0.25) is 0 Å². The normalized spacial score (nSPS) is 14.4. The van der Waals surface area contributed by atoms with Crippen LogP contribution in [0.5, 0.6) is 0 Å². The van der Waals surface area contributed by atoms with Gasteiger partial charge >= 0.3 is 0 Å². The number of hydrazine groups is 1. The number of nitrogens with two attached hydrogens (primary N) is 1. The van der Waals surface area contributed by atoms with E-state index in [1.165, 1.54) is 0 Å². The fourth-order valence-corrected chi connectivity index (χ4v) is 2.04. The maximum absolute atomic E-state index is 5.36. The van der Waals surface area contributed by atoms with Gasteiger partial charge in [-0.05, 0) is 6.92 Å². The standard InChI is InChI=1S/C10H14N8/c1-7-4-8(14-10(13-7)15-11)17-2-3-18-6-12-16-9(18)5-17/h4,6H,2-3,5,11H2,1H3,(H,13,14,15). The molecule has 3 rings (SSSR count). The molecule has 0 spiro atoms. The second kappa shape index (κ2) is 4.22. The van der Waals surface area contributed by atoms with E-state index in [0.717, 1.165) is 30.4 Å². The summed E-state index contributed by atoms with van der Waals surface area (Å²) in [4.78, 5) is 10.7. The topological polar surface area (TPSA) is 97.8 Å². The third kappa shape index (κ3) is 1.86. The van der Waals surface area contributed by atoms with Crippen LogP contribution < -0.4 is 16.2 Å². The highest BCUT2D eigenvalue weighted by atomic mass is 15.4. The molecule has 0 saturated carbocycles. The van der Waals surface area contributed by atoms with Gasteiger partial charge in [0.25, 0.3) is 0 Å². The highest BCUT2D eigenvalue weighted by Gasteiger charge is 2.19. The first-order valence-corrected chi connectivity index (χ1v) is 5.70. The Balaban J connectivity index is 1.90. The van der Waals surface area contributed by atoms with Crippen LogP contribution in [0.15, 0.2) is 12.4 Å². The summed E-state index contributed by atoms with van der Waals surface area (Å²) < 4.78 is 2.05. The van der Waals surface area contributed by atoms with Gasteiger partial charge in [-0.15, -0.1) is 10.2 Å². The molecule has 8 nitrogen and oxygen atoms in total. The van der Waals surface area contributed by atoms with Crippen molar-refractivity contribution in [1.82, 2.24) is 24.7 Å². The van der Waals surface area contributed by atoms with Crippen molar-refractivity contribution in [2.24, 2.45) is 5.84 Å². The molecule has 0 bridgehead atoms. The number of rotatable bonds is 2. The van der Waals surface area contributed by atoms with Gasteiger partial charge in [-0.2, -0.15) is 4.98 Å². The first kappa shape index (κ1) is 10.9. The molecule has 18 heavy (non-hydrogen) atoms. The molecule has 1 aliphatic heterocycles. The highest BCUT2D eigenvalue weighted by Crippen LogP contribution is 2.19. The lowest BCUT2D eigenvalue weighted by Gasteiger charge is -2.28. The largest absolute Gasteiger partial charge is 0.347 e. The van der Waals surface area contributed by atoms with Crippen LogP contribution >= 0.6 is 0 Å². The summed E-state index contributed by atoms with van der Waals surface area (Å²) in [5.41, 5.74) is 3.35. The summed E-state index contributed by atoms with van der Waals surface area (Å²) in [6.45, 7) is 4.33. The Bertz CT molecular complexity index is 563. The molecule has 94 valence electrons. The summed E-state index contributed by atoms with van der Waals surface area (Å²) in [5.74, 6) is 7.58. The summed E-state index contributed by atoms with van der Waals surface area (Å²) in [7, 11) is 0. The Labute approximate surface area is 104 Å². The first-order chi connectivity index (χ1) is 8.76. The van der Waals surface area contributed by atoms with Gasteiger partial charge in [-0.1, -0.05) is 0 Å². The SMILES string of the molecule is Cc1cc(N2CCn3cnnc3C2)nc(NN)n1. The van der Waals surface area contributed by atoms with Gasteiger partial charge < -0.3 is 9.47 Å². The second-order valence-corrected chi connectivity index (χ2v) is 4.20. The van der Waals surface area contributed by atoms with Crippen LogP contribution in [-0.4, -0.2) is 31.3 Å². The molecule has 0 radical (unpaired) electrons. The molecule has 0 atom stereocenters. The van der Waals surface area contributed by atoms with E-state index >= 15 is 0 Å². The minimum atomic E-state index is 0.428. The number of fused-ring (bicyclic) bond motifs is 1. The lowest BCUT2D eigenvalue weighted by atomic mass is 10.3. The smallest absolute Gasteiger partial charge is 0.239 e. The Morgan fingerprint density at radius 3 is 3.06 bits per heavy atom. The van der Waals surface area contributed by atoms with Gasteiger partial charge in [-0.3, -0.25) is 5.43 Å². The molecule has 0 amide bonds. The molecule has 0 unspecified atom stereocenters. The predicted molar refractivity (Wildman–Crippen MR) is 65.7 cm³/mol. The molecule has 3 heterocycles. The number of nitrogen functional groups attached to an aromatic ring is 1. The van der Waals surface area contributed by atoms with E-state index in [1.807, 2.05) is 17.6 Å². The van der Waals surface area contributed by atoms with Crippen molar-refractivity contribution in [3.8, 4) is 0 Å². The van der Waals surface area contributed by atoms with Gasteiger partial charge in [-0.25, -0.2) is 10.8 Å². The van der Waals surface area contributed by atoms with Crippen molar-refractivity contribution >= 4 is 11.8 Å². The highest BCUT2D eigenvalue weighted by molar-refractivity contribution is 5.44. The van der Waals surface area contributed by atoms with Crippen molar-refractivity contribution in [1.29, 1.82) is 0 Å². The number of anilines is 2. The molecule has 8 heteroatoms. The molecule has 2 aromatic heterocycles. The molecule has 3 N–H and O–H groups in total. The van der Waals surface area contributed by atoms with Crippen molar-refractivity contribution in [2.75, 3.05) is 16.9 Å². The van der Waals surface area contributed by atoms with Gasteiger partial charge in [0.1, 0.15) is 12.1 Å². The molecule has 0 saturated heterocycles. The fourth-order valence-electron chi connectivity index (χ4n) is 2.04. The van der Waals surface area contributed by atoms with Crippen molar-refractivity contribution < 1.29 is 0 Å². The van der Waals surface area contributed by atoms with E-state index < -0.39 is 0 Å². The van der Waals surface area contributed by atoms with Crippen molar-refractivity contribution in [3.05, 3.63) is 23.9 Å². The van der Waals surface area contributed by atoms with Gasteiger partial charge in [0, 0.05) is 24.8 Å². The average Bonchev–Trinajstić information content (AvgIpc) is 2.85. The monoisotopic (exact) mass is 246 g/mol. The predicted octanol–water partition coefficient (Wildman–Crippen LogP) is -0.318. The third-order valence-corrected chi connectivity index (χ3v) is 2.93. The minimum absolute atomic E-state index is 0.428. The molecule has 0 aliphatic carbocycles. The summed E-state index contributed by atoms with van der Waals surface area (Å²) >= 11 is 0. The maximum atomic E-state index is 5.36. The van der Waals surface area contributed by atoms with Crippen LogP contribution in [0, 0.1) is 6.92 Å². The number of nitrogens with one attached hydrogen (secondary N) is 1. The van der Waals surface area contributed by atoms with Gasteiger partial charge in [0.2, 0.25) is 5.95 Å². The average molecular weight is 246 g/mol. The summed E-state index contributed by atoms with van der Waals surface area (Å²) in [6.07, 6.45) is 1.75. The number of hydrogen-bond acceptors (Lipinski definition) is 7. The van der Waals surface area contributed by atoms with Crippen LogP contribution in [0.25, 0.3) is 0 Å². The fraction of sp³-hybridized carbons (Fsp3) is 0.400. The minimum Gasteiger partial charge on any atom is -0.347 e. The Morgan fingerprint density at radius 2 is 2.22 bits per heavy atom. The molecule has 1 aliphatic rings. The van der Waals surface area contributed by atoms with Crippen LogP contribution in [-0.2, 0) is 13.1 Å². The molecular weight excluding hydrogens is 232 g/mol. The maximum Gasteiger partial charge on any atom is 0.239 e. The van der Waals surface area contributed by atoms with E-state index in [-0.39, 0.29) is 0 Å². The van der Waals surface area contributed by atoms with Crippen LogP contribution in [0.4, 0.5) is 11.8 Å². The van der Waals surface area contributed by atoms with E-state index in [9.17, 15) is 0 Å². The zero-order valence-electron chi connectivity index (χ0n) is 10.0. The number of aromatic nitrogens is 5. The van der Waals surface area contributed by atoms with E-state index in [2.05, 4.69) is 30.5 Å². The zero-order valence-corrected chi connectivity index (χ0v) is 10.0. The third-order valence-electron chi connectivity index (χ3n) is 2.93. The second-order valence-electron chi connectivity index (χ2n) is 4.20. The van der Waals surface area contributed by atoms with E-state index in [1.54, 1.807) is 6.33 Å². The van der Waals surface area contributed by atoms with Crippen molar-refractivity contribution in [2.45, 2.75) is 20.0 Å².